The van der Waals surface area contributed by atoms with Crippen LogP contribution in [-0.4, -0.2) is 55.1 Å². The molecular formula is C14H29N3. The maximum absolute atomic E-state index is 6.47. The minimum atomic E-state index is 0.185. The summed E-state index contributed by atoms with van der Waals surface area (Å²) in [6.45, 7) is 6.20. The average molecular weight is 239 g/mol. The van der Waals surface area contributed by atoms with E-state index in [-0.39, 0.29) is 5.54 Å². The van der Waals surface area contributed by atoms with Crippen LogP contribution in [0.4, 0.5) is 0 Å². The van der Waals surface area contributed by atoms with E-state index < -0.39 is 0 Å². The Hall–Kier alpha value is -0.120. The van der Waals surface area contributed by atoms with Gasteiger partial charge in [0.1, 0.15) is 0 Å². The van der Waals surface area contributed by atoms with Gasteiger partial charge < -0.3 is 15.5 Å². The summed E-state index contributed by atoms with van der Waals surface area (Å²) in [6.07, 6.45) is 9.15. The van der Waals surface area contributed by atoms with Gasteiger partial charge in [-0.1, -0.05) is 19.3 Å². The van der Waals surface area contributed by atoms with Crippen LogP contribution in [0.3, 0.4) is 0 Å². The Morgan fingerprint density at radius 3 is 2.29 bits per heavy atom. The summed E-state index contributed by atoms with van der Waals surface area (Å²) in [5.74, 6) is 0. The normalized spacial score (nSPS) is 27.2. The highest BCUT2D eigenvalue weighted by Crippen LogP contribution is 2.29. The van der Waals surface area contributed by atoms with Crippen LogP contribution in [0.1, 0.15) is 44.9 Å². The van der Waals surface area contributed by atoms with Crippen LogP contribution in [0.2, 0.25) is 0 Å². The van der Waals surface area contributed by atoms with Crippen LogP contribution in [-0.2, 0) is 0 Å². The molecule has 3 nitrogen and oxygen atoms in total. The molecule has 0 atom stereocenters. The summed E-state index contributed by atoms with van der Waals surface area (Å²) >= 11 is 0. The molecule has 0 bridgehead atoms. The summed E-state index contributed by atoms with van der Waals surface area (Å²) in [5.41, 5.74) is 6.66. The Balaban J connectivity index is 1.62. The van der Waals surface area contributed by atoms with Crippen molar-refractivity contribution in [1.82, 2.24) is 9.80 Å². The molecule has 100 valence electrons. The molecule has 1 aliphatic heterocycles. The molecular weight excluding hydrogens is 210 g/mol. The maximum atomic E-state index is 6.47. The van der Waals surface area contributed by atoms with Crippen LogP contribution < -0.4 is 5.73 Å². The van der Waals surface area contributed by atoms with Crippen LogP contribution >= 0.6 is 0 Å². The van der Waals surface area contributed by atoms with Gasteiger partial charge in [-0.2, -0.15) is 0 Å². The van der Waals surface area contributed by atoms with Crippen LogP contribution in [0, 0.1) is 0 Å². The van der Waals surface area contributed by atoms with E-state index in [1.807, 2.05) is 0 Å². The van der Waals surface area contributed by atoms with E-state index in [4.69, 9.17) is 5.73 Å². The molecule has 3 heteroatoms. The molecule has 0 aromatic rings. The number of nitrogens with zero attached hydrogens (tertiary/aromatic N) is 2. The van der Waals surface area contributed by atoms with E-state index in [0.29, 0.717) is 0 Å². The molecule has 17 heavy (non-hydrogen) atoms. The van der Waals surface area contributed by atoms with Gasteiger partial charge in [0, 0.05) is 31.7 Å². The van der Waals surface area contributed by atoms with Gasteiger partial charge in [0.05, 0.1) is 0 Å². The fraction of sp³-hybridized carbons (Fsp3) is 1.00. The van der Waals surface area contributed by atoms with Crippen molar-refractivity contribution >= 4 is 0 Å². The molecule has 1 heterocycles. The highest BCUT2D eigenvalue weighted by molar-refractivity contribution is 4.87. The quantitative estimate of drug-likeness (QED) is 0.810. The van der Waals surface area contributed by atoms with Crippen LogP contribution in [0.25, 0.3) is 0 Å². The lowest BCUT2D eigenvalue weighted by Crippen LogP contribution is -2.46. The summed E-state index contributed by atoms with van der Waals surface area (Å²) in [5, 5.41) is 0. The summed E-state index contributed by atoms with van der Waals surface area (Å²) in [6, 6.07) is 0. The lowest BCUT2D eigenvalue weighted by Gasteiger charge is -2.36. The zero-order chi connectivity index (χ0) is 12.1. The Kier molecular flexibility index (Phi) is 4.83. The summed E-state index contributed by atoms with van der Waals surface area (Å²) in [7, 11) is 2.22. The third-order valence-corrected chi connectivity index (χ3v) is 4.59. The second kappa shape index (κ2) is 6.17. The minimum Gasteiger partial charge on any atom is -0.325 e. The Morgan fingerprint density at radius 1 is 1.00 bits per heavy atom. The summed E-state index contributed by atoms with van der Waals surface area (Å²) < 4.78 is 0. The number of nitrogens with two attached hydrogens (primary N) is 1. The molecule has 0 aromatic heterocycles. The van der Waals surface area contributed by atoms with Crippen molar-refractivity contribution in [1.29, 1.82) is 0 Å². The highest BCUT2D eigenvalue weighted by Gasteiger charge is 2.26. The van der Waals surface area contributed by atoms with Gasteiger partial charge in [-0.25, -0.2) is 0 Å². The third-order valence-electron chi connectivity index (χ3n) is 4.59. The minimum absolute atomic E-state index is 0.185. The van der Waals surface area contributed by atoms with Crippen molar-refractivity contribution in [2.45, 2.75) is 50.5 Å². The van der Waals surface area contributed by atoms with E-state index in [1.165, 1.54) is 77.7 Å². The number of piperazine rings is 1. The number of hydrogen-bond donors (Lipinski definition) is 1. The molecule has 1 saturated heterocycles. The monoisotopic (exact) mass is 239 g/mol. The lowest BCUT2D eigenvalue weighted by atomic mass is 9.79. The number of likely N-dealkylation sites (N-methyl/N-ethyl adjacent to an activating group) is 1. The molecule has 0 amide bonds. The van der Waals surface area contributed by atoms with Gasteiger partial charge in [-0.05, 0) is 39.3 Å². The second-order valence-electron chi connectivity index (χ2n) is 6.17. The second-order valence-corrected chi connectivity index (χ2v) is 6.17. The Bertz CT molecular complexity index is 216. The molecule has 0 radical (unpaired) electrons. The van der Waals surface area contributed by atoms with E-state index in [2.05, 4.69) is 16.8 Å². The fourth-order valence-electron chi connectivity index (χ4n) is 3.23. The van der Waals surface area contributed by atoms with Crippen molar-refractivity contribution in [3.8, 4) is 0 Å². The molecule has 2 N–H and O–H groups in total. The zero-order valence-corrected chi connectivity index (χ0v) is 11.5. The van der Waals surface area contributed by atoms with Crippen LogP contribution in [0.15, 0.2) is 0 Å². The van der Waals surface area contributed by atoms with Crippen molar-refractivity contribution in [3.05, 3.63) is 0 Å². The third kappa shape index (κ3) is 4.23. The van der Waals surface area contributed by atoms with Gasteiger partial charge in [-0.15, -0.1) is 0 Å². The molecule has 1 aliphatic carbocycles. The molecule has 2 rings (SSSR count). The maximum Gasteiger partial charge on any atom is 0.0154 e. The van der Waals surface area contributed by atoms with E-state index in [9.17, 15) is 0 Å². The van der Waals surface area contributed by atoms with Crippen molar-refractivity contribution in [2.24, 2.45) is 5.73 Å². The van der Waals surface area contributed by atoms with Gasteiger partial charge >= 0.3 is 0 Å². The van der Waals surface area contributed by atoms with Gasteiger partial charge in [0.2, 0.25) is 0 Å². The van der Waals surface area contributed by atoms with Gasteiger partial charge in [0.15, 0.2) is 0 Å². The smallest absolute Gasteiger partial charge is 0.0154 e. The van der Waals surface area contributed by atoms with E-state index >= 15 is 0 Å². The Morgan fingerprint density at radius 2 is 1.65 bits per heavy atom. The summed E-state index contributed by atoms with van der Waals surface area (Å²) in [4.78, 5) is 5.02. The van der Waals surface area contributed by atoms with Crippen molar-refractivity contribution in [2.75, 3.05) is 39.8 Å². The SMILES string of the molecule is CN1CCN(CCCC2(N)CCCCC2)CC1. The first-order chi connectivity index (χ1) is 8.18. The number of hydrogen-bond acceptors (Lipinski definition) is 3. The topological polar surface area (TPSA) is 32.5 Å². The van der Waals surface area contributed by atoms with E-state index in [1.54, 1.807) is 0 Å². The Labute approximate surface area is 106 Å². The van der Waals surface area contributed by atoms with Crippen molar-refractivity contribution in [3.63, 3.8) is 0 Å². The average Bonchev–Trinajstić information content (AvgIpc) is 2.32. The largest absolute Gasteiger partial charge is 0.325 e. The van der Waals surface area contributed by atoms with Gasteiger partial charge in [0.25, 0.3) is 0 Å². The molecule has 0 spiro atoms. The highest BCUT2D eigenvalue weighted by atomic mass is 15.2. The zero-order valence-electron chi connectivity index (χ0n) is 11.5. The predicted octanol–water partition coefficient (Wildman–Crippen LogP) is 1.68. The first-order valence-electron chi connectivity index (χ1n) is 7.38. The first kappa shape index (κ1) is 13.3. The molecule has 0 aromatic carbocycles. The predicted molar refractivity (Wildman–Crippen MR) is 73.2 cm³/mol. The lowest BCUT2D eigenvalue weighted by molar-refractivity contribution is 0.146. The first-order valence-corrected chi connectivity index (χ1v) is 7.38. The molecule has 0 unspecified atom stereocenters. The number of rotatable bonds is 4. The fourth-order valence-corrected chi connectivity index (χ4v) is 3.23. The molecule has 2 fully saturated rings. The van der Waals surface area contributed by atoms with Gasteiger partial charge in [-0.3, -0.25) is 0 Å². The standard InChI is InChI=1S/C14H29N3/c1-16-10-12-17(13-11-16)9-5-8-14(15)6-3-2-4-7-14/h2-13,15H2,1H3. The molecule has 2 aliphatic rings. The van der Waals surface area contributed by atoms with Crippen molar-refractivity contribution < 1.29 is 0 Å². The van der Waals surface area contributed by atoms with E-state index in [0.717, 1.165) is 0 Å². The van der Waals surface area contributed by atoms with Crippen LogP contribution in [0.5, 0.6) is 0 Å². The molecule has 1 saturated carbocycles.